The molecular formula is C25H18Br2N4O6. The van der Waals surface area contributed by atoms with E-state index in [0.29, 0.717) is 44.7 Å². The molecule has 1 aromatic heterocycles. The largest absolute Gasteiger partial charge is 0.481 e. The highest BCUT2D eigenvalue weighted by molar-refractivity contribution is 9.10. The molecule has 0 amide bonds. The number of hydrogen-bond acceptors (Lipinski definition) is 8. The van der Waals surface area contributed by atoms with Crippen LogP contribution >= 0.6 is 31.9 Å². The summed E-state index contributed by atoms with van der Waals surface area (Å²) >= 11 is 6.75. The van der Waals surface area contributed by atoms with Gasteiger partial charge in [-0.15, -0.1) is 0 Å². The number of benzene rings is 3. The van der Waals surface area contributed by atoms with E-state index in [9.17, 15) is 14.9 Å². The van der Waals surface area contributed by atoms with Crippen LogP contribution in [0.5, 0.6) is 17.2 Å². The molecule has 0 fully saturated rings. The molecule has 12 heteroatoms. The number of fused-ring (bicyclic) bond motifs is 2. The summed E-state index contributed by atoms with van der Waals surface area (Å²) in [6.07, 6.45) is 1.85. The molecule has 4 aromatic rings. The van der Waals surface area contributed by atoms with E-state index in [0.717, 1.165) is 10.0 Å². The Morgan fingerprint density at radius 1 is 1.16 bits per heavy atom. The molecule has 0 N–H and O–H groups in total. The van der Waals surface area contributed by atoms with E-state index in [1.165, 1.54) is 17.0 Å². The first-order chi connectivity index (χ1) is 17.8. The zero-order valence-corrected chi connectivity index (χ0v) is 22.5. The van der Waals surface area contributed by atoms with Gasteiger partial charge in [-0.05, 0) is 57.9 Å². The molecule has 2 heterocycles. The van der Waals surface area contributed by atoms with Crippen LogP contribution in [0.25, 0.3) is 10.9 Å². The first-order valence-electron chi connectivity index (χ1n) is 11.1. The van der Waals surface area contributed by atoms with E-state index in [1.54, 1.807) is 36.4 Å². The maximum Gasteiger partial charge on any atom is 0.312 e. The lowest BCUT2D eigenvalue weighted by atomic mass is 10.2. The number of nitro groups is 1. The second-order valence-electron chi connectivity index (χ2n) is 7.99. The summed E-state index contributed by atoms with van der Waals surface area (Å²) in [6, 6.07) is 13.6. The molecule has 5 rings (SSSR count). The second kappa shape index (κ2) is 10.3. The van der Waals surface area contributed by atoms with Crippen molar-refractivity contribution < 1.29 is 19.1 Å². The van der Waals surface area contributed by atoms with E-state index in [4.69, 9.17) is 14.2 Å². The number of aryl methyl sites for hydroxylation is 1. The molecule has 37 heavy (non-hydrogen) atoms. The Hall–Kier alpha value is -3.77. The summed E-state index contributed by atoms with van der Waals surface area (Å²) in [5.74, 6) is 1.77. The van der Waals surface area contributed by atoms with E-state index in [1.807, 2.05) is 13.0 Å². The Bertz CT molecular complexity index is 1640. The molecule has 0 radical (unpaired) electrons. The van der Waals surface area contributed by atoms with Crippen molar-refractivity contribution in [2.24, 2.45) is 5.10 Å². The molecule has 10 nitrogen and oxygen atoms in total. The molecule has 1 aliphatic rings. The number of nitro benzene ring substituents is 1. The van der Waals surface area contributed by atoms with E-state index >= 15 is 0 Å². The quantitative estimate of drug-likeness (QED) is 0.149. The first-order valence-corrected chi connectivity index (χ1v) is 12.7. The van der Waals surface area contributed by atoms with Gasteiger partial charge in [0, 0.05) is 22.5 Å². The van der Waals surface area contributed by atoms with Gasteiger partial charge in [0.15, 0.2) is 11.5 Å². The van der Waals surface area contributed by atoms with Gasteiger partial charge in [0.05, 0.1) is 26.5 Å². The van der Waals surface area contributed by atoms with Gasteiger partial charge in [-0.3, -0.25) is 14.9 Å². The predicted octanol–water partition coefficient (Wildman–Crippen LogP) is 5.58. The standard InChI is InChI=1S/C25H18Br2N4O6/c1-2-23-29-19-5-4-16(26)10-17(19)25(32)30(23)28-11-15-7-18(27)24(20(8-15)31(33)34)35-12-14-3-6-21-22(9-14)37-13-36-21/h3-11H,2,12-13H2,1H3. The molecule has 0 saturated heterocycles. The fourth-order valence-corrected chi connectivity index (χ4v) is 4.75. The summed E-state index contributed by atoms with van der Waals surface area (Å²) in [6.45, 7) is 2.10. The van der Waals surface area contributed by atoms with Gasteiger partial charge >= 0.3 is 5.69 Å². The van der Waals surface area contributed by atoms with Crippen LogP contribution in [0.15, 0.2) is 67.4 Å². The fraction of sp³-hybridized carbons (Fsp3) is 0.160. The van der Waals surface area contributed by atoms with Crippen molar-refractivity contribution in [1.82, 2.24) is 9.66 Å². The van der Waals surface area contributed by atoms with Crippen molar-refractivity contribution in [2.75, 3.05) is 6.79 Å². The number of aromatic nitrogens is 2. The Labute approximate surface area is 226 Å². The van der Waals surface area contributed by atoms with E-state index in [2.05, 4.69) is 41.9 Å². The highest BCUT2D eigenvalue weighted by Crippen LogP contribution is 2.38. The van der Waals surface area contributed by atoms with Gasteiger partial charge in [-0.2, -0.15) is 9.78 Å². The average molecular weight is 630 g/mol. The molecule has 3 aromatic carbocycles. The Balaban J connectivity index is 1.46. The van der Waals surface area contributed by atoms with Crippen LogP contribution < -0.4 is 19.8 Å². The summed E-state index contributed by atoms with van der Waals surface area (Å²) in [7, 11) is 0. The lowest BCUT2D eigenvalue weighted by molar-refractivity contribution is -0.386. The molecule has 0 bridgehead atoms. The van der Waals surface area contributed by atoms with Gasteiger partial charge in [-0.1, -0.05) is 28.9 Å². The smallest absolute Gasteiger partial charge is 0.312 e. The van der Waals surface area contributed by atoms with Crippen LogP contribution in [0.3, 0.4) is 0 Å². The van der Waals surface area contributed by atoms with Crippen LogP contribution in [0.1, 0.15) is 23.9 Å². The molecule has 0 saturated carbocycles. The number of ether oxygens (including phenoxy) is 3. The van der Waals surface area contributed by atoms with Gasteiger partial charge < -0.3 is 14.2 Å². The zero-order valence-electron chi connectivity index (χ0n) is 19.3. The maximum absolute atomic E-state index is 13.1. The topological polar surface area (TPSA) is 118 Å². The molecule has 0 unspecified atom stereocenters. The third-order valence-corrected chi connectivity index (χ3v) is 6.66. The van der Waals surface area contributed by atoms with E-state index < -0.39 is 4.92 Å². The Morgan fingerprint density at radius 3 is 2.76 bits per heavy atom. The average Bonchev–Trinajstić information content (AvgIpc) is 3.35. The van der Waals surface area contributed by atoms with Crippen molar-refractivity contribution >= 4 is 54.7 Å². The minimum atomic E-state index is -0.532. The zero-order chi connectivity index (χ0) is 26.1. The molecule has 0 spiro atoms. The van der Waals surface area contributed by atoms with Gasteiger partial charge in [-0.25, -0.2) is 4.98 Å². The number of nitrogens with zero attached hydrogens (tertiary/aromatic N) is 4. The third-order valence-electron chi connectivity index (χ3n) is 5.58. The first kappa shape index (κ1) is 24.9. The highest BCUT2D eigenvalue weighted by atomic mass is 79.9. The van der Waals surface area contributed by atoms with Crippen LogP contribution in [0, 0.1) is 10.1 Å². The van der Waals surface area contributed by atoms with E-state index in [-0.39, 0.29) is 30.4 Å². The van der Waals surface area contributed by atoms with Gasteiger partial charge in [0.2, 0.25) is 12.5 Å². The maximum atomic E-state index is 13.1. The minimum Gasteiger partial charge on any atom is -0.481 e. The number of hydrogen-bond donors (Lipinski definition) is 0. The second-order valence-corrected chi connectivity index (χ2v) is 9.76. The molecule has 188 valence electrons. The molecular weight excluding hydrogens is 612 g/mol. The van der Waals surface area contributed by atoms with Crippen LogP contribution in [-0.2, 0) is 13.0 Å². The summed E-state index contributed by atoms with van der Waals surface area (Å²) in [4.78, 5) is 29.0. The summed E-state index contributed by atoms with van der Waals surface area (Å²) < 4.78 is 18.8. The minimum absolute atomic E-state index is 0.0726. The molecule has 1 aliphatic heterocycles. The van der Waals surface area contributed by atoms with Crippen molar-refractivity contribution in [3.05, 3.63) is 94.9 Å². The lowest BCUT2D eigenvalue weighted by Crippen LogP contribution is -2.22. The Morgan fingerprint density at radius 2 is 1.97 bits per heavy atom. The van der Waals surface area contributed by atoms with Gasteiger partial charge in [0.1, 0.15) is 12.4 Å². The fourth-order valence-electron chi connectivity index (χ4n) is 3.81. The summed E-state index contributed by atoms with van der Waals surface area (Å²) in [5, 5.41) is 16.6. The van der Waals surface area contributed by atoms with Crippen LogP contribution in [0.2, 0.25) is 0 Å². The third kappa shape index (κ3) is 5.07. The normalized spacial score (nSPS) is 12.4. The summed E-state index contributed by atoms with van der Waals surface area (Å²) in [5.41, 5.74) is 1.14. The van der Waals surface area contributed by atoms with Gasteiger partial charge in [0.25, 0.3) is 5.56 Å². The lowest BCUT2D eigenvalue weighted by Gasteiger charge is -2.11. The monoisotopic (exact) mass is 628 g/mol. The molecule has 0 aliphatic carbocycles. The van der Waals surface area contributed by atoms with Crippen molar-refractivity contribution in [3.8, 4) is 17.2 Å². The van der Waals surface area contributed by atoms with Crippen molar-refractivity contribution in [2.45, 2.75) is 20.0 Å². The number of rotatable bonds is 7. The predicted molar refractivity (Wildman–Crippen MR) is 144 cm³/mol. The van der Waals surface area contributed by atoms with Crippen LogP contribution in [0.4, 0.5) is 5.69 Å². The van der Waals surface area contributed by atoms with Crippen molar-refractivity contribution in [1.29, 1.82) is 0 Å². The van der Waals surface area contributed by atoms with Crippen molar-refractivity contribution in [3.63, 3.8) is 0 Å². The number of halogens is 2. The SMILES string of the molecule is CCc1nc2ccc(Br)cc2c(=O)n1N=Cc1cc(Br)c(OCc2ccc3c(c2)OCO3)c([N+](=O)[O-])c1. The highest BCUT2D eigenvalue weighted by Gasteiger charge is 2.21. The molecule has 0 atom stereocenters. The Kier molecular flexibility index (Phi) is 6.94. The van der Waals surface area contributed by atoms with Crippen LogP contribution in [-0.4, -0.2) is 27.6 Å².